The molecule has 0 saturated heterocycles. The molecule has 0 spiro atoms. The van der Waals surface area contributed by atoms with E-state index >= 15 is 0 Å². The van der Waals surface area contributed by atoms with Gasteiger partial charge in [0.25, 0.3) is 11.6 Å². The fourth-order valence-corrected chi connectivity index (χ4v) is 3.29. The van der Waals surface area contributed by atoms with Gasteiger partial charge in [-0.15, -0.1) is 0 Å². The Morgan fingerprint density at radius 2 is 2.24 bits per heavy atom. The van der Waals surface area contributed by atoms with Crippen LogP contribution in [0.2, 0.25) is 0 Å². The van der Waals surface area contributed by atoms with Gasteiger partial charge in [0.15, 0.2) is 5.69 Å². The summed E-state index contributed by atoms with van der Waals surface area (Å²) in [6, 6.07) is 7.64. The number of aliphatic hydroxyl groups is 1. The molecule has 0 aliphatic heterocycles. The van der Waals surface area contributed by atoms with Crippen molar-refractivity contribution in [1.82, 2.24) is 15.1 Å². The summed E-state index contributed by atoms with van der Waals surface area (Å²) >= 11 is 0. The Morgan fingerprint density at radius 1 is 1.48 bits per heavy atom. The first-order valence-corrected chi connectivity index (χ1v) is 8.16. The third-order valence-corrected chi connectivity index (χ3v) is 4.90. The molecule has 2 N–H and O–H groups in total. The average Bonchev–Trinajstić information content (AvgIpc) is 3.23. The molecule has 1 aliphatic carbocycles. The number of nitrogens with one attached hydrogen (secondary N) is 1. The predicted octanol–water partition coefficient (Wildman–Crippen LogP) is 2.06. The van der Waals surface area contributed by atoms with Gasteiger partial charge in [0, 0.05) is 23.7 Å². The van der Waals surface area contributed by atoms with Crippen molar-refractivity contribution >= 4 is 11.6 Å². The van der Waals surface area contributed by atoms with Crippen LogP contribution in [0.4, 0.5) is 5.69 Å². The molecule has 1 aromatic carbocycles. The van der Waals surface area contributed by atoms with Crippen molar-refractivity contribution in [3.63, 3.8) is 0 Å². The molecular formula is C17H20N4O4. The molecule has 2 atom stereocenters. The summed E-state index contributed by atoms with van der Waals surface area (Å²) in [7, 11) is 0. The predicted molar refractivity (Wildman–Crippen MR) is 90.5 cm³/mol. The maximum Gasteiger partial charge on any atom is 0.294 e. The third kappa shape index (κ3) is 3.25. The number of nitrogens with zero attached hydrogens (tertiary/aromatic N) is 3. The number of amides is 1. The van der Waals surface area contributed by atoms with Gasteiger partial charge in [0.1, 0.15) is 5.69 Å². The van der Waals surface area contributed by atoms with Crippen molar-refractivity contribution in [2.45, 2.75) is 32.2 Å². The zero-order valence-electron chi connectivity index (χ0n) is 13.9. The van der Waals surface area contributed by atoms with Crippen molar-refractivity contribution in [2.24, 2.45) is 5.41 Å². The van der Waals surface area contributed by atoms with Crippen LogP contribution in [-0.4, -0.2) is 38.4 Å². The Labute approximate surface area is 144 Å². The second-order valence-corrected chi connectivity index (χ2v) is 6.62. The first-order chi connectivity index (χ1) is 11.9. The Hall–Kier alpha value is -2.74. The lowest BCUT2D eigenvalue weighted by Crippen LogP contribution is -2.44. The lowest BCUT2D eigenvalue weighted by atomic mass is 9.86. The number of nitro groups is 1. The van der Waals surface area contributed by atoms with E-state index in [1.807, 2.05) is 6.92 Å². The van der Waals surface area contributed by atoms with Gasteiger partial charge in [-0.2, -0.15) is 5.10 Å². The molecule has 3 rings (SSSR count). The van der Waals surface area contributed by atoms with Crippen molar-refractivity contribution in [3.05, 3.63) is 52.3 Å². The topological polar surface area (TPSA) is 110 Å². The van der Waals surface area contributed by atoms with Crippen LogP contribution in [-0.2, 0) is 0 Å². The summed E-state index contributed by atoms with van der Waals surface area (Å²) in [5.74, 6) is -0.344. The molecule has 0 bridgehead atoms. The van der Waals surface area contributed by atoms with Crippen LogP contribution in [0.5, 0.6) is 0 Å². The van der Waals surface area contributed by atoms with Crippen molar-refractivity contribution in [2.75, 3.05) is 6.61 Å². The molecule has 0 unspecified atom stereocenters. The van der Waals surface area contributed by atoms with Crippen LogP contribution in [0.15, 0.2) is 36.5 Å². The summed E-state index contributed by atoms with van der Waals surface area (Å²) in [4.78, 5) is 23.1. The standard InChI is InChI=1S/C17H20N4O4/c1-17(11-22)9-4-7-15(17)18-16(23)12-8-10-20(19-12)13-5-2-3-6-14(13)21(24)25/h2-3,5-6,8,10,15,22H,4,7,9,11H2,1H3,(H,18,23)/t15-,17-/m1/s1. The molecule has 1 amide bonds. The van der Waals surface area contributed by atoms with Gasteiger partial charge < -0.3 is 10.4 Å². The van der Waals surface area contributed by atoms with Gasteiger partial charge in [0.05, 0.1) is 11.5 Å². The van der Waals surface area contributed by atoms with Crippen LogP contribution in [0, 0.1) is 15.5 Å². The van der Waals surface area contributed by atoms with E-state index in [0.717, 1.165) is 19.3 Å². The number of aromatic nitrogens is 2. The molecule has 8 nitrogen and oxygen atoms in total. The number of carbonyl (C=O) groups is 1. The van der Waals surface area contributed by atoms with Gasteiger partial charge >= 0.3 is 0 Å². The van der Waals surface area contributed by atoms with Gasteiger partial charge in [-0.1, -0.05) is 25.5 Å². The highest BCUT2D eigenvalue weighted by atomic mass is 16.6. The SMILES string of the molecule is C[C@]1(CO)CCC[C@H]1NC(=O)c1ccn(-c2ccccc2[N+](=O)[O-])n1. The highest BCUT2D eigenvalue weighted by Crippen LogP contribution is 2.37. The number of rotatable bonds is 5. The zero-order chi connectivity index (χ0) is 18.0. The molecule has 1 fully saturated rings. The minimum atomic E-state index is -0.484. The van der Waals surface area contributed by atoms with Crippen LogP contribution in [0.3, 0.4) is 0 Å². The number of hydrogen-bond donors (Lipinski definition) is 2. The smallest absolute Gasteiger partial charge is 0.294 e. The number of carbonyl (C=O) groups excluding carboxylic acids is 1. The summed E-state index contributed by atoms with van der Waals surface area (Å²) in [6.07, 6.45) is 4.15. The monoisotopic (exact) mass is 344 g/mol. The summed E-state index contributed by atoms with van der Waals surface area (Å²) in [5.41, 5.74) is 0.0790. The second-order valence-electron chi connectivity index (χ2n) is 6.62. The second kappa shape index (κ2) is 6.64. The largest absolute Gasteiger partial charge is 0.396 e. The lowest BCUT2D eigenvalue weighted by molar-refractivity contribution is -0.384. The maximum absolute atomic E-state index is 12.5. The fraction of sp³-hybridized carbons (Fsp3) is 0.412. The minimum Gasteiger partial charge on any atom is -0.396 e. The number of nitro benzene ring substituents is 1. The molecule has 1 aliphatic rings. The number of hydrogen-bond acceptors (Lipinski definition) is 5. The van der Waals surface area contributed by atoms with Crippen LogP contribution in [0.1, 0.15) is 36.7 Å². The summed E-state index contributed by atoms with van der Waals surface area (Å²) < 4.78 is 1.33. The maximum atomic E-state index is 12.5. The molecule has 1 saturated carbocycles. The Morgan fingerprint density at radius 3 is 2.96 bits per heavy atom. The minimum absolute atomic E-state index is 0.0165. The zero-order valence-corrected chi connectivity index (χ0v) is 13.9. The van der Waals surface area contributed by atoms with E-state index in [9.17, 15) is 20.0 Å². The van der Waals surface area contributed by atoms with Crippen LogP contribution in [0.25, 0.3) is 5.69 Å². The number of para-hydroxylation sites is 2. The van der Waals surface area contributed by atoms with Crippen molar-refractivity contribution < 1.29 is 14.8 Å². The molecular weight excluding hydrogens is 324 g/mol. The van der Waals surface area contributed by atoms with Gasteiger partial charge in [-0.3, -0.25) is 14.9 Å². The summed E-state index contributed by atoms with van der Waals surface area (Å²) in [5, 5.41) is 27.8. The lowest BCUT2D eigenvalue weighted by Gasteiger charge is -2.29. The van der Waals surface area contributed by atoms with Gasteiger partial charge in [-0.25, -0.2) is 4.68 Å². The van der Waals surface area contributed by atoms with Crippen LogP contribution >= 0.6 is 0 Å². The normalized spacial score (nSPS) is 22.7. The van der Waals surface area contributed by atoms with Crippen LogP contribution < -0.4 is 5.32 Å². The first-order valence-electron chi connectivity index (χ1n) is 8.16. The van der Waals surface area contributed by atoms with E-state index < -0.39 is 4.92 Å². The molecule has 0 radical (unpaired) electrons. The third-order valence-electron chi connectivity index (χ3n) is 4.90. The Bertz CT molecular complexity index is 803. The van der Waals surface area contributed by atoms with Crippen molar-refractivity contribution in [3.8, 4) is 5.69 Å². The van der Waals surface area contributed by atoms with E-state index in [1.165, 1.54) is 23.0 Å². The van der Waals surface area contributed by atoms with E-state index in [1.54, 1.807) is 18.2 Å². The van der Waals surface area contributed by atoms with E-state index in [4.69, 9.17) is 0 Å². The molecule has 8 heteroatoms. The average molecular weight is 344 g/mol. The highest BCUT2D eigenvalue weighted by molar-refractivity contribution is 5.92. The summed E-state index contributed by atoms with van der Waals surface area (Å²) in [6.45, 7) is 1.97. The van der Waals surface area contributed by atoms with E-state index in [-0.39, 0.29) is 35.4 Å². The molecule has 2 aromatic rings. The molecule has 132 valence electrons. The van der Waals surface area contributed by atoms with Crippen molar-refractivity contribution in [1.29, 1.82) is 0 Å². The number of benzene rings is 1. The van der Waals surface area contributed by atoms with E-state index in [0.29, 0.717) is 5.69 Å². The van der Waals surface area contributed by atoms with Gasteiger partial charge in [0.2, 0.25) is 0 Å². The van der Waals surface area contributed by atoms with Gasteiger partial charge in [-0.05, 0) is 25.0 Å². The molecule has 25 heavy (non-hydrogen) atoms. The first kappa shape index (κ1) is 17.1. The van der Waals surface area contributed by atoms with E-state index in [2.05, 4.69) is 10.4 Å². The fourth-order valence-electron chi connectivity index (χ4n) is 3.29. The quantitative estimate of drug-likeness (QED) is 0.637. The molecule has 1 heterocycles. The Kier molecular flexibility index (Phi) is 4.54. The Balaban J connectivity index is 1.80. The molecule has 1 aromatic heterocycles. The highest BCUT2D eigenvalue weighted by Gasteiger charge is 2.39. The number of aliphatic hydroxyl groups excluding tert-OH is 1.